The number of aliphatic hydroxyl groups excluding tert-OH is 1. The van der Waals surface area contributed by atoms with E-state index in [1.807, 2.05) is 0 Å². The van der Waals surface area contributed by atoms with Gasteiger partial charge in [0.05, 0.1) is 6.61 Å². The van der Waals surface area contributed by atoms with Gasteiger partial charge < -0.3 is 14.6 Å². The Morgan fingerprint density at radius 3 is 0.857 bits per heavy atom. The van der Waals surface area contributed by atoms with Gasteiger partial charge in [0, 0.05) is 12.8 Å². The predicted octanol–water partition coefficient (Wildman–Crippen LogP) is 21.4. The monoisotopic (exact) mass is 983 g/mol. The molecular formula is C65H122O5. The zero-order valence-electron chi connectivity index (χ0n) is 47.3. The number of carbonyl (C=O) groups excluding carboxylic acids is 2. The van der Waals surface area contributed by atoms with Crippen LogP contribution in [0.3, 0.4) is 0 Å². The summed E-state index contributed by atoms with van der Waals surface area (Å²) in [6, 6.07) is 0. The fourth-order valence-corrected chi connectivity index (χ4v) is 9.64. The summed E-state index contributed by atoms with van der Waals surface area (Å²) in [5, 5.41) is 9.68. The van der Waals surface area contributed by atoms with E-state index in [-0.39, 0.29) is 25.2 Å². The zero-order chi connectivity index (χ0) is 50.6. The van der Waals surface area contributed by atoms with E-state index in [9.17, 15) is 14.7 Å². The van der Waals surface area contributed by atoms with E-state index in [4.69, 9.17) is 9.47 Å². The molecule has 0 saturated heterocycles. The summed E-state index contributed by atoms with van der Waals surface area (Å²) < 4.78 is 10.7. The zero-order valence-corrected chi connectivity index (χ0v) is 47.3. The molecule has 1 unspecified atom stereocenters. The van der Waals surface area contributed by atoms with Crippen molar-refractivity contribution >= 4 is 11.9 Å². The maximum atomic E-state index is 12.3. The van der Waals surface area contributed by atoms with Gasteiger partial charge in [0.1, 0.15) is 6.61 Å². The van der Waals surface area contributed by atoms with Crippen LogP contribution >= 0.6 is 0 Å². The Bertz CT molecular complexity index is 1110. The molecule has 0 bridgehead atoms. The topological polar surface area (TPSA) is 72.8 Å². The van der Waals surface area contributed by atoms with Gasteiger partial charge in [-0.15, -0.1) is 0 Å². The van der Waals surface area contributed by atoms with Crippen LogP contribution in [0, 0.1) is 0 Å². The van der Waals surface area contributed by atoms with Crippen molar-refractivity contribution in [2.24, 2.45) is 0 Å². The summed E-state index contributed by atoms with van der Waals surface area (Å²) >= 11 is 0. The fourth-order valence-electron chi connectivity index (χ4n) is 9.64. The summed E-state index contributed by atoms with van der Waals surface area (Å²) in [5.41, 5.74) is 0. The molecule has 1 atom stereocenters. The second-order valence-electron chi connectivity index (χ2n) is 21.5. The quantitative estimate of drug-likeness (QED) is 0.0373. The minimum absolute atomic E-state index is 0.0606. The van der Waals surface area contributed by atoms with Gasteiger partial charge in [0.25, 0.3) is 0 Å². The largest absolute Gasteiger partial charge is 0.462 e. The average molecular weight is 984 g/mol. The summed E-state index contributed by atoms with van der Waals surface area (Å²) in [7, 11) is 0. The summed E-state index contributed by atoms with van der Waals surface area (Å²) in [5.74, 6) is -0.570. The van der Waals surface area contributed by atoms with Crippen molar-refractivity contribution < 1.29 is 24.2 Å². The molecule has 5 heteroatoms. The van der Waals surface area contributed by atoms with Gasteiger partial charge in [0.2, 0.25) is 0 Å². The molecule has 70 heavy (non-hydrogen) atoms. The number of esters is 2. The molecule has 1 N–H and O–H groups in total. The Labute approximate surface area is 437 Å². The van der Waals surface area contributed by atoms with Crippen LogP contribution in [-0.4, -0.2) is 36.4 Å². The lowest BCUT2D eigenvalue weighted by atomic mass is 10.0. The number of allylic oxidation sites excluding steroid dienone is 6. The van der Waals surface area contributed by atoms with Gasteiger partial charge in [-0.25, -0.2) is 0 Å². The van der Waals surface area contributed by atoms with Crippen LogP contribution in [0.25, 0.3) is 0 Å². The van der Waals surface area contributed by atoms with Gasteiger partial charge in [0.15, 0.2) is 6.10 Å². The van der Waals surface area contributed by atoms with E-state index in [0.29, 0.717) is 12.8 Å². The molecule has 0 aliphatic rings. The highest BCUT2D eigenvalue weighted by atomic mass is 16.6. The summed E-state index contributed by atoms with van der Waals surface area (Å²) in [6.07, 6.45) is 80.1. The first-order valence-electron chi connectivity index (χ1n) is 31.5. The number of aliphatic hydroxyl groups is 1. The molecule has 0 heterocycles. The highest BCUT2D eigenvalue weighted by Crippen LogP contribution is 2.18. The van der Waals surface area contributed by atoms with E-state index in [2.05, 4.69) is 50.3 Å². The highest BCUT2D eigenvalue weighted by Gasteiger charge is 2.16. The number of unbranched alkanes of at least 4 members (excludes halogenated alkanes) is 45. The molecule has 412 valence electrons. The van der Waals surface area contributed by atoms with Crippen molar-refractivity contribution in [2.45, 2.75) is 354 Å². The lowest BCUT2D eigenvalue weighted by molar-refractivity contribution is -0.161. The Balaban J connectivity index is 3.41. The molecule has 0 fully saturated rings. The van der Waals surface area contributed by atoms with Crippen molar-refractivity contribution in [2.75, 3.05) is 13.2 Å². The van der Waals surface area contributed by atoms with Crippen molar-refractivity contribution in [1.29, 1.82) is 0 Å². The number of hydrogen-bond donors (Lipinski definition) is 1. The second kappa shape index (κ2) is 61.4. The molecular weight excluding hydrogens is 861 g/mol. The molecule has 0 spiro atoms. The van der Waals surface area contributed by atoms with Gasteiger partial charge in [-0.05, 0) is 70.6 Å². The number of carbonyl (C=O) groups is 2. The summed E-state index contributed by atoms with van der Waals surface area (Å²) in [6.45, 7) is 4.18. The number of rotatable bonds is 59. The van der Waals surface area contributed by atoms with E-state index in [1.165, 1.54) is 276 Å². The van der Waals surface area contributed by atoms with Crippen LogP contribution in [0.2, 0.25) is 0 Å². The van der Waals surface area contributed by atoms with E-state index < -0.39 is 6.10 Å². The third-order valence-electron chi connectivity index (χ3n) is 14.4. The van der Waals surface area contributed by atoms with Gasteiger partial charge in [-0.2, -0.15) is 0 Å². The molecule has 5 nitrogen and oxygen atoms in total. The van der Waals surface area contributed by atoms with E-state index >= 15 is 0 Å². The Morgan fingerprint density at radius 2 is 0.571 bits per heavy atom. The second-order valence-corrected chi connectivity index (χ2v) is 21.5. The van der Waals surface area contributed by atoms with Crippen LogP contribution in [-0.2, 0) is 19.1 Å². The minimum atomic E-state index is -0.770. The highest BCUT2D eigenvalue weighted by molar-refractivity contribution is 5.70. The predicted molar refractivity (Wildman–Crippen MR) is 307 cm³/mol. The molecule has 0 rings (SSSR count). The Kier molecular flexibility index (Phi) is 59.8. The van der Waals surface area contributed by atoms with Gasteiger partial charge >= 0.3 is 11.9 Å². The van der Waals surface area contributed by atoms with Gasteiger partial charge in [-0.1, -0.05) is 301 Å². The molecule has 0 aliphatic heterocycles. The molecule has 0 amide bonds. The lowest BCUT2D eigenvalue weighted by Gasteiger charge is -2.15. The molecule has 0 saturated carbocycles. The van der Waals surface area contributed by atoms with Crippen LogP contribution < -0.4 is 0 Å². The maximum Gasteiger partial charge on any atom is 0.306 e. The smallest absolute Gasteiger partial charge is 0.306 e. The maximum absolute atomic E-state index is 12.3. The standard InChI is InChI=1S/C65H122O5/c1-3-5-7-9-11-13-15-17-19-21-23-25-27-29-30-31-32-33-34-36-38-40-42-44-46-48-50-52-54-56-58-60-65(68)70-63(61-66)62-69-64(67)59-57-55-53-51-49-47-45-43-41-39-37-35-28-26-24-22-20-18-16-14-12-10-8-6-4-2/h15,17,21-24,63,66H,3-14,16,18-20,25-62H2,1-2H3/b17-15-,23-21-,24-22-. The van der Waals surface area contributed by atoms with Crippen molar-refractivity contribution in [3.63, 3.8) is 0 Å². The van der Waals surface area contributed by atoms with Crippen LogP contribution in [0.15, 0.2) is 36.5 Å². The first kappa shape index (κ1) is 68.1. The first-order valence-corrected chi connectivity index (χ1v) is 31.5. The van der Waals surface area contributed by atoms with Crippen LogP contribution in [0.1, 0.15) is 348 Å². The van der Waals surface area contributed by atoms with Crippen LogP contribution in [0.5, 0.6) is 0 Å². The SMILES string of the molecule is CCCCCCC/C=C\C/C=C\CCCCCCCCCCCCCCCCCCCCCC(=O)OC(CO)COC(=O)CCCCCCCCCCCCCCC/C=C\CCCCCCCCCC. The third-order valence-corrected chi connectivity index (χ3v) is 14.4. The fraction of sp³-hybridized carbons (Fsp3) is 0.877. The van der Waals surface area contributed by atoms with Crippen molar-refractivity contribution in [3.05, 3.63) is 36.5 Å². The molecule has 0 aromatic carbocycles. The normalized spacial score (nSPS) is 12.3. The first-order chi connectivity index (χ1) is 34.6. The van der Waals surface area contributed by atoms with E-state index in [1.54, 1.807) is 0 Å². The Morgan fingerprint density at radius 1 is 0.329 bits per heavy atom. The lowest BCUT2D eigenvalue weighted by Crippen LogP contribution is -2.28. The van der Waals surface area contributed by atoms with E-state index in [0.717, 1.165) is 44.9 Å². The van der Waals surface area contributed by atoms with Crippen LogP contribution in [0.4, 0.5) is 0 Å². The molecule has 0 aromatic rings. The van der Waals surface area contributed by atoms with Crippen molar-refractivity contribution in [3.8, 4) is 0 Å². The Hall–Kier alpha value is -1.88. The minimum Gasteiger partial charge on any atom is -0.462 e. The number of ether oxygens (including phenoxy) is 2. The molecule has 0 aromatic heterocycles. The summed E-state index contributed by atoms with van der Waals surface area (Å²) in [4.78, 5) is 24.6. The van der Waals surface area contributed by atoms with Crippen molar-refractivity contribution in [1.82, 2.24) is 0 Å². The van der Waals surface area contributed by atoms with Gasteiger partial charge in [-0.3, -0.25) is 9.59 Å². The average Bonchev–Trinajstić information content (AvgIpc) is 3.36. The third kappa shape index (κ3) is 58.7. The molecule has 0 radical (unpaired) electrons. The number of hydrogen-bond acceptors (Lipinski definition) is 5. The molecule has 0 aliphatic carbocycles.